The summed E-state index contributed by atoms with van der Waals surface area (Å²) in [5.41, 5.74) is 2.06. The fourth-order valence-corrected chi connectivity index (χ4v) is 2.31. The average Bonchev–Trinajstić information content (AvgIpc) is 2.74. The topological polar surface area (TPSA) is 35.5 Å². The normalized spacial score (nSPS) is 27.9. The summed E-state index contributed by atoms with van der Waals surface area (Å²) in [6.07, 6.45) is 0.0987. The zero-order valence-corrected chi connectivity index (χ0v) is 7.82. The highest BCUT2D eigenvalue weighted by Crippen LogP contribution is 2.51. The molecule has 3 heteroatoms. The van der Waals surface area contributed by atoms with E-state index >= 15 is 0 Å². The Hall–Kier alpha value is -1.35. The first-order chi connectivity index (χ1) is 6.81. The third-order valence-electron chi connectivity index (χ3n) is 2.90. The van der Waals surface area contributed by atoms with Crippen molar-refractivity contribution in [1.29, 1.82) is 0 Å². The lowest BCUT2D eigenvalue weighted by atomic mass is 9.90. The molecule has 0 N–H and O–H groups in total. The second kappa shape index (κ2) is 2.58. The number of Topliss-reactive ketones (excluding diaryl/α,β-unsaturated/α-hetero) is 1. The Morgan fingerprint density at radius 1 is 1.50 bits per heavy atom. The zero-order valence-electron chi connectivity index (χ0n) is 7.82. The monoisotopic (exact) mass is 190 g/mol. The molecule has 72 valence electrons. The minimum atomic E-state index is -0.329. The van der Waals surface area contributed by atoms with Gasteiger partial charge in [-0.25, -0.2) is 0 Å². The zero-order chi connectivity index (χ0) is 9.71. The molecule has 2 aliphatic heterocycles. The van der Waals surface area contributed by atoms with Crippen molar-refractivity contribution in [2.24, 2.45) is 0 Å². The number of methoxy groups -OCH3 is 1. The summed E-state index contributed by atoms with van der Waals surface area (Å²) in [5, 5.41) is 0. The molecule has 1 saturated heterocycles. The van der Waals surface area contributed by atoms with Crippen molar-refractivity contribution in [1.82, 2.24) is 0 Å². The number of hydrogen-bond acceptors (Lipinski definition) is 3. The number of ketones is 1. The van der Waals surface area contributed by atoms with E-state index in [9.17, 15) is 4.79 Å². The van der Waals surface area contributed by atoms with E-state index in [1.54, 1.807) is 7.11 Å². The van der Waals surface area contributed by atoms with Crippen LogP contribution in [0, 0.1) is 0 Å². The predicted molar refractivity (Wildman–Crippen MR) is 49.2 cm³/mol. The van der Waals surface area contributed by atoms with Crippen LogP contribution in [0.15, 0.2) is 18.2 Å². The second-order valence-electron chi connectivity index (χ2n) is 3.64. The molecule has 0 spiro atoms. The smallest absolute Gasteiger partial charge is 0.169 e. The third kappa shape index (κ3) is 0.826. The first kappa shape index (κ1) is 8.00. The van der Waals surface area contributed by atoms with Crippen LogP contribution in [0.3, 0.4) is 0 Å². The van der Waals surface area contributed by atoms with Crippen molar-refractivity contribution >= 4 is 5.78 Å². The summed E-state index contributed by atoms with van der Waals surface area (Å²) in [6, 6.07) is 5.75. The SMILES string of the molecule is COc1cccc2c1C1CC(=O)C2O1. The van der Waals surface area contributed by atoms with E-state index in [4.69, 9.17) is 9.47 Å². The molecule has 1 fully saturated rings. The van der Waals surface area contributed by atoms with Crippen molar-refractivity contribution in [2.45, 2.75) is 18.6 Å². The molecule has 2 aliphatic rings. The maximum atomic E-state index is 11.4. The first-order valence-corrected chi connectivity index (χ1v) is 4.66. The van der Waals surface area contributed by atoms with Crippen molar-refractivity contribution in [2.75, 3.05) is 7.11 Å². The van der Waals surface area contributed by atoms with Crippen LogP contribution in [0.1, 0.15) is 29.8 Å². The molecule has 0 aromatic heterocycles. The average molecular weight is 190 g/mol. The molecule has 1 aromatic rings. The van der Waals surface area contributed by atoms with Gasteiger partial charge in [0.1, 0.15) is 11.9 Å². The largest absolute Gasteiger partial charge is 0.496 e. The van der Waals surface area contributed by atoms with E-state index < -0.39 is 0 Å². The van der Waals surface area contributed by atoms with E-state index in [-0.39, 0.29) is 18.0 Å². The summed E-state index contributed by atoms with van der Waals surface area (Å²) in [7, 11) is 1.64. The van der Waals surface area contributed by atoms with Gasteiger partial charge in [0.05, 0.1) is 13.2 Å². The standard InChI is InChI=1S/C11H10O3/c1-13-8-4-2-3-6-10(8)9-5-7(12)11(6)14-9/h2-4,9,11H,5H2,1H3. The number of rotatable bonds is 1. The highest BCUT2D eigenvalue weighted by Gasteiger charge is 2.45. The molecule has 2 atom stereocenters. The summed E-state index contributed by atoms with van der Waals surface area (Å²) in [5.74, 6) is 1.03. The van der Waals surface area contributed by atoms with Gasteiger partial charge in [0.2, 0.25) is 0 Å². The Morgan fingerprint density at radius 2 is 2.36 bits per heavy atom. The summed E-state index contributed by atoms with van der Waals surface area (Å²) < 4.78 is 10.8. The summed E-state index contributed by atoms with van der Waals surface area (Å²) in [6.45, 7) is 0. The Bertz CT molecular complexity index is 411. The maximum Gasteiger partial charge on any atom is 0.169 e. The molecule has 0 amide bonds. The minimum absolute atomic E-state index is 0.0707. The van der Waals surface area contributed by atoms with Gasteiger partial charge in [-0.1, -0.05) is 12.1 Å². The molecule has 1 aromatic carbocycles. The molecule has 0 aliphatic carbocycles. The van der Waals surface area contributed by atoms with Gasteiger partial charge in [-0.2, -0.15) is 0 Å². The number of carbonyl (C=O) groups excluding carboxylic acids is 1. The van der Waals surface area contributed by atoms with Gasteiger partial charge in [0.15, 0.2) is 5.78 Å². The number of carbonyl (C=O) groups is 1. The van der Waals surface area contributed by atoms with Gasteiger partial charge >= 0.3 is 0 Å². The Morgan fingerprint density at radius 3 is 3.14 bits per heavy atom. The van der Waals surface area contributed by atoms with Gasteiger partial charge in [-0.3, -0.25) is 4.79 Å². The molecular weight excluding hydrogens is 180 g/mol. The van der Waals surface area contributed by atoms with Gasteiger partial charge in [-0.15, -0.1) is 0 Å². The molecular formula is C11H10O3. The van der Waals surface area contributed by atoms with Crippen LogP contribution in [-0.4, -0.2) is 12.9 Å². The lowest BCUT2D eigenvalue weighted by Gasteiger charge is -2.13. The van der Waals surface area contributed by atoms with Crippen molar-refractivity contribution in [3.05, 3.63) is 29.3 Å². The van der Waals surface area contributed by atoms with Gasteiger partial charge in [0.25, 0.3) is 0 Å². The summed E-state index contributed by atoms with van der Waals surface area (Å²) in [4.78, 5) is 11.4. The number of hydrogen-bond donors (Lipinski definition) is 0. The molecule has 2 unspecified atom stereocenters. The quantitative estimate of drug-likeness (QED) is 0.677. The Balaban J connectivity index is 2.20. The highest BCUT2D eigenvalue weighted by atomic mass is 16.5. The molecule has 0 saturated carbocycles. The van der Waals surface area contributed by atoms with E-state index in [1.807, 2.05) is 18.2 Å². The predicted octanol–water partition coefficient (Wildman–Crippen LogP) is 1.78. The molecule has 3 nitrogen and oxygen atoms in total. The van der Waals surface area contributed by atoms with E-state index in [0.29, 0.717) is 6.42 Å². The van der Waals surface area contributed by atoms with Crippen LogP contribution in [0.4, 0.5) is 0 Å². The van der Waals surface area contributed by atoms with Gasteiger partial charge < -0.3 is 9.47 Å². The summed E-state index contributed by atoms with van der Waals surface area (Å²) >= 11 is 0. The molecule has 2 bridgehead atoms. The Kier molecular flexibility index (Phi) is 1.47. The van der Waals surface area contributed by atoms with Gasteiger partial charge in [-0.05, 0) is 11.6 Å². The van der Waals surface area contributed by atoms with Crippen LogP contribution >= 0.6 is 0 Å². The molecule has 2 heterocycles. The van der Waals surface area contributed by atoms with Crippen molar-refractivity contribution < 1.29 is 14.3 Å². The van der Waals surface area contributed by atoms with Crippen molar-refractivity contribution in [3.8, 4) is 5.75 Å². The lowest BCUT2D eigenvalue weighted by molar-refractivity contribution is -0.122. The number of benzene rings is 1. The Labute approximate surface area is 81.6 Å². The lowest BCUT2D eigenvalue weighted by Crippen LogP contribution is -2.09. The van der Waals surface area contributed by atoms with E-state index in [2.05, 4.69) is 0 Å². The van der Waals surface area contributed by atoms with E-state index in [0.717, 1.165) is 16.9 Å². The third-order valence-corrected chi connectivity index (χ3v) is 2.90. The van der Waals surface area contributed by atoms with E-state index in [1.165, 1.54) is 0 Å². The van der Waals surface area contributed by atoms with Crippen molar-refractivity contribution in [3.63, 3.8) is 0 Å². The first-order valence-electron chi connectivity index (χ1n) is 4.66. The van der Waals surface area contributed by atoms with Crippen LogP contribution in [0.25, 0.3) is 0 Å². The van der Waals surface area contributed by atoms with Crippen LogP contribution in [-0.2, 0) is 9.53 Å². The number of fused-ring (bicyclic) bond motifs is 5. The molecule has 0 radical (unpaired) electrons. The number of ether oxygens (including phenoxy) is 2. The molecule has 3 rings (SSSR count). The van der Waals surface area contributed by atoms with Crippen LogP contribution in [0.2, 0.25) is 0 Å². The minimum Gasteiger partial charge on any atom is -0.496 e. The fraction of sp³-hybridized carbons (Fsp3) is 0.364. The highest BCUT2D eigenvalue weighted by molar-refractivity contribution is 5.90. The maximum absolute atomic E-state index is 11.4. The fourth-order valence-electron chi connectivity index (χ4n) is 2.31. The second-order valence-corrected chi connectivity index (χ2v) is 3.64. The molecule has 14 heavy (non-hydrogen) atoms. The van der Waals surface area contributed by atoms with Gasteiger partial charge in [0, 0.05) is 12.0 Å². The van der Waals surface area contributed by atoms with Crippen LogP contribution in [0.5, 0.6) is 5.75 Å². The van der Waals surface area contributed by atoms with Crippen LogP contribution < -0.4 is 4.74 Å².